The summed E-state index contributed by atoms with van der Waals surface area (Å²) in [7, 11) is 0. The van der Waals surface area contributed by atoms with Crippen molar-refractivity contribution in [1.82, 2.24) is 25.0 Å². The first-order valence-electron chi connectivity index (χ1n) is 10.6. The molecule has 2 amide bonds. The fourth-order valence-electron chi connectivity index (χ4n) is 4.15. The highest BCUT2D eigenvalue weighted by Gasteiger charge is 2.25. The van der Waals surface area contributed by atoms with Gasteiger partial charge < -0.3 is 29.0 Å². The molecule has 4 heterocycles. The van der Waals surface area contributed by atoms with Gasteiger partial charge in [-0.2, -0.15) is 0 Å². The first kappa shape index (κ1) is 19.8. The van der Waals surface area contributed by atoms with Crippen LogP contribution in [0.5, 0.6) is 11.5 Å². The van der Waals surface area contributed by atoms with Crippen LogP contribution in [0.25, 0.3) is 0 Å². The van der Waals surface area contributed by atoms with Gasteiger partial charge in [0, 0.05) is 32.7 Å². The lowest BCUT2D eigenvalue weighted by Gasteiger charge is -2.20. The zero-order chi connectivity index (χ0) is 21.2. The molecule has 0 bridgehead atoms. The summed E-state index contributed by atoms with van der Waals surface area (Å²) in [6.07, 6.45) is 1.69. The Morgan fingerprint density at radius 2 is 2.03 bits per heavy atom. The molecule has 0 aliphatic carbocycles. The van der Waals surface area contributed by atoms with Crippen LogP contribution in [0.15, 0.2) is 18.2 Å². The van der Waals surface area contributed by atoms with Crippen LogP contribution in [0.1, 0.15) is 23.6 Å². The zero-order valence-corrected chi connectivity index (χ0v) is 17.2. The van der Waals surface area contributed by atoms with Crippen molar-refractivity contribution in [3.8, 4) is 11.5 Å². The van der Waals surface area contributed by atoms with Gasteiger partial charge in [-0.3, -0.25) is 9.59 Å². The van der Waals surface area contributed by atoms with E-state index in [1.54, 1.807) is 0 Å². The number of carbonyl (C=O) groups is 2. The third-order valence-electron chi connectivity index (χ3n) is 5.97. The molecule has 0 radical (unpaired) electrons. The number of ether oxygens (including phenoxy) is 3. The van der Waals surface area contributed by atoms with E-state index >= 15 is 0 Å². The van der Waals surface area contributed by atoms with Crippen molar-refractivity contribution in [2.45, 2.75) is 32.4 Å². The summed E-state index contributed by atoms with van der Waals surface area (Å²) in [6.45, 7) is 3.42. The number of nitrogens with one attached hydrogen (secondary N) is 1. The van der Waals surface area contributed by atoms with E-state index in [1.165, 1.54) is 0 Å². The van der Waals surface area contributed by atoms with Crippen LogP contribution >= 0.6 is 0 Å². The average Bonchev–Trinajstić information content (AvgIpc) is 3.51. The monoisotopic (exact) mass is 427 g/mol. The predicted molar refractivity (Wildman–Crippen MR) is 107 cm³/mol. The summed E-state index contributed by atoms with van der Waals surface area (Å²) >= 11 is 0. The Labute approximate surface area is 179 Å². The number of hydrogen-bond acceptors (Lipinski definition) is 7. The van der Waals surface area contributed by atoms with Gasteiger partial charge in [0.25, 0.3) is 0 Å². The van der Waals surface area contributed by atoms with Crippen LogP contribution in [-0.4, -0.2) is 64.6 Å². The molecule has 3 aliphatic heterocycles. The molecule has 0 saturated carbocycles. The van der Waals surface area contributed by atoms with Crippen LogP contribution in [0.2, 0.25) is 0 Å². The molecular formula is C21H25N5O5. The Morgan fingerprint density at radius 1 is 1.13 bits per heavy atom. The summed E-state index contributed by atoms with van der Waals surface area (Å²) in [5.41, 5.74) is 0.900. The minimum atomic E-state index is -0.0872. The molecule has 0 spiro atoms. The van der Waals surface area contributed by atoms with Crippen molar-refractivity contribution < 1.29 is 23.8 Å². The van der Waals surface area contributed by atoms with Gasteiger partial charge in [-0.15, -0.1) is 10.2 Å². The Bertz CT molecular complexity index is 985. The third-order valence-corrected chi connectivity index (χ3v) is 5.97. The van der Waals surface area contributed by atoms with Gasteiger partial charge in [0.05, 0.1) is 25.5 Å². The van der Waals surface area contributed by atoms with Gasteiger partial charge in [-0.25, -0.2) is 0 Å². The fraction of sp³-hybridized carbons (Fsp3) is 0.524. The van der Waals surface area contributed by atoms with Crippen molar-refractivity contribution in [2.24, 2.45) is 5.92 Å². The van der Waals surface area contributed by atoms with E-state index in [1.807, 2.05) is 27.7 Å². The minimum absolute atomic E-state index is 0.0102. The second kappa shape index (κ2) is 8.54. The Kier molecular flexibility index (Phi) is 5.46. The molecule has 1 atom stereocenters. The minimum Gasteiger partial charge on any atom is -0.454 e. The van der Waals surface area contributed by atoms with E-state index in [2.05, 4.69) is 15.5 Å². The van der Waals surface area contributed by atoms with E-state index in [9.17, 15) is 9.59 Å². The molecule has 5 rings (SSSR count). The second-order valence-electron chi connectivity index (χ2n) is 7.96. The number of fused-ring (bicyclic) bond motifs is 2. The fourth-order valence-corrected chi connectivity index (χ4v) is 4.15. The zero-order valence-electron chi connectivity index (χ0n) is 17.2. The van der Waals surface area contributed by atoms with Gasteiger partial charge in [0.1, 0.15) is 5.82 Å². The maximum Gasteiger partial charge on any atom is 0.231 e. The SMILES string of the molecule is O=C(NCc1nnc2n1CCN(C(=O)Cc1ccc3c(c1)OCO3)CC2)[C@H]1CCOC1. The smallest absolute Gasteiger partial charge is 0.231 e. The number of amides is 2. The maximum atomic E-state index is 12.9. The quantitative estimate of drug-likeness (QED) is 0.731. The van der Waals surface area contributed by atoms with Crippen LogP contribution < -0.4 is 14.8 Å². The molecular weight excluding hydrogens is 402 g/mol. The third kappa shape index (κ3) is 4.20. The predicted octanol–water partition coefficient (Wildman–Crippen LogP) is 0.287. The number of carbonyl (C=O) groups excluding carboxylic acids is 2. The van der Waals surface area contributed by atoms with E-state index in [-0.39, 0.29) is 24.5 Å². The van der Waals surface area contributed by atoms with Crippen molar-refractivity contribution in [2.75, 3.05) is 33.1 Å². The molecule has 1 saturated heterocycles. The molecule has 1 aromatic heterocycles. The lowest BCUT2D eigenvalue weighted by Crippen LogP contribution is -2.35. The summed E-state index contributed by atoms with van der Waals surface area (Å²) < 4.78 is 18.0. The number of hydrogen-bond donors (Lipinski definition) is 1. The highest BCUT2D eigenvalue weighted by molar-refractivity contribution is 5.79. The summed E-state index contributed by atoms with van der Waals surface area (Å²) in [4.78, 5) is 27.0. The molecule has 1 fully saturated rings. The average molecular weight is 427 g/mol. The first-order valence-corrected chi connectivity index (χ1v) is 10.6. The normalized spacial score (nSPS) is 19.7. The largest absolute Gasteiger partial charge is 0.454 e. The molecule has 31 heavy (non-hydrogen) atoms. The second-order valence-corrected chi connectivity index (χ2v) is 7.96. The van der Waals surface area contributed by atoms with Crippen molar-refractivity contribution in [3.05, 3.63) is 35.4 Å². The summed E-state index contributed by atoms with van der Waals surface area (Å²) in [5.74, 6) is 2.92. The van der Waals surface area contributed by atoms with Gasteiger partial charge in [0.2, 0.25) is 18.6 Å². The topological polar surface area (TPSA) is 108 Å². The van der Waals surface area contributed by atoms with Gasteiger partial charge >= 0.3 is 0 Å². The number of rotatable bonds is 5. The van der Waals surface area contributed by atoms with E-state index in [0.717, 1.165) is 17.8 Å². The lowest BCUT2D eigenvalue weighted by molar-refractivity contribution is -0.130. The van der Waals surface area contributed by atoms with Crippen LogP contribution in [0.3, 0.4) is 0 Å². The molecule has 0 unspecified atom stereocenters. The van der Waals surface area contributed by atoms with E-state index in [0.29, 0.717) is 69.6 Å². The van der Waals surface area contributed by atoms with Crippen LogP contribution in [0.4, 0.5) is 0 Å². The maximum absolute atomic E-state index is 12.9. The van der Waals surface area contributed by atoms with Crippen LogP contribution in [0, 0.1) is 5.92 Å². The lowest BCUT2D eigenvalue weighted by atomic mass is 10.1. The first-order chi connectivity index (χ1) is 15.2. The molecule has 10 heteroatoms. The Balaban J connectivity index is 1.18. The number of nitrogens with zero attached hydrogens (tertiary/aromatic N) is 4. The van der Waals surface area contributed by atoms with Crippen molar-refractivity contribution >= 4 is 11.8 Å². The molecule has 1 N–H and O–H groups in total. The summed E-state index contributed by atoms with van der Waals surface area (Å²) in [6, 6.07) is 5.60. The number of benzene rings is 1. The van der Waals surface area contributed by atoms with Gasteiger partial charge in [-0.1, -0.05) is 6.07 Å². The summed E-state index contributed by atoms with van der Waals surface area (Å²) in [5, 5.41) is 11.5. The number of aromatic nitrogens is 3. The molecule has 1 aromatic carbocycles. The van der Waals surface area contributed by atoms with Crippen molar-refractivity contribution in [1.29, 1.82) is 0 Å². The van der Waals surface area contributed by atoms with Crippen LogP contribution in [-0.2, 0) is 40.3 Å². The standard InChI is InChI=1S/C21H25N5O5/c27-20(10-14-1-2-16-17(9-14)31-13-30-16)25-5-3-18-23-24-19(26(18)7-6-25)11-22-21(28)15-4-8-29-12-15/h1-2,9,15H,3-8,10-13H2,(H,22,28)/t15-/m0/s1. The highest BCUT2D eigenvalue weighted by atomic mass is 16.7. The van der Waals surface area contributed by atoms with Gasteiger partial charge in [-0.05, 0) is 24.1 Å². The van der Waals surface area contributed by atoms with E-state index < -0.39 is 0 Å². The van der Waals surface area contributed by atoms with E-state index in [4.69, 9.17) is 14.2 Å². The van der Waals surface area contributed by atoms with Crippen molar-refractivity contribution in [3.63, 3.8) is 0 Å². The molecule has 10 nitrogen and oxygen atoms in total. The molecule has 2 aromatic rings. The highest BCUT2D eigenvalue weighted by Crippen LogP contribution is 2.32. The molecule has 3 aliphatic rings. The van der Waals surface area contributed by atoms with Gasteiger partial charge in [0.15, 0.2) is 17.3 Å². The Hall–Kier alpha value is -3.14. The molecule has 164 valence electrons. The Morgan fingerprint density at radius 3 is 2.90 bits per heavy atom.